The minimum Gasteiger partial charge on any atom is -0.495 e. The molecule has 1 aliphatic rings. The molecule has 0 bridgehead atoms. The number of amides is 2. The zero-order valence-electron chi connectivity index (χ0n) is 15.5. The van der Waals surface area contributed by atoms with Crippen LogP contribution < -0.4 is 14.4 Å². The Labute approximate surface area is 168 Å². The van der Waals surface area contributed by atoms with Crippen LogP contribution in [0.3, 0.4) is 0 Å². The number of carbonyl (C=O) groups excluding carboxylic acids is 2. The Morgan fingerprint density at radius 3 is 2.50 bits per heavy atom. The second-order valence-electron chi connectivity index (χ2n) is 7.06. The number of hydrogen-bond acceptors (Lipinski definition) is 5. The van der Waals surface area contributed by atoms with Crippen LogP contribution in [-0.4, -0.2) is 33.1 Å². The normalized spacial score (nSPS) is 17.4. The molecule has 28 heavy (non-hydrogen) atoms. The minimum atomic E-state index is -3.79. The van der Waals surface area contributed by atoms with Crippen molar-refractivity contribution in [1.82, 2.24) is 0 Å². The van der Waals surface area contributed by atoms with Crippen LogP contribution in [0, 0.1) is 5.41 Å². The third kappa shape index (κ3) is 3.70. The maximum Gasteiger partial charge on any atom is 0.255 e. The van der Waals surface area contributed by atoms with E-state index in [4.69, 9.17) is 16.3 Å². The van der Waals surface area contributed by atoms with E-state index in [9.17, 15) is 18.0 Å². The minimum absolute atomic E-state index is 0.135. The number of methoxy groups -OCH3 is 1. The Balaban J connectivity index is 1.88. The van der Waals surface area contributed by atoms with Crippen LogP contribution in [0.1, 0.15) is 24.2 Å². The van der Waals surface area contributed by atoms with E-state index in [1.54, 1.807) is 32.0 Å². The van der Waals surface area contributed by atoms with Crippen molar-refractivity contribution in [2.75, 3.05) is 22.5 Å². The zero-order chi connectivity index (χ0) is 20.7. The number of sulfonamides is 1. The first-order valence-electron chi connectivity index (χ1n) is 8.37. The molecule has 0 spiro atoms. The summed E-state index contributed by atoms with van der Waals surface area (Å²) in [5.74, 6) is -0.792. The van der Waals surface area contributed by atoms with E-state index in [2.05, 4.69) is 5.32 Å². The summed E-state index contributed by atoms with van der Waals surface area (Å²) in [5.41, 5.74) is -0.225. The van der Waals surface area contributed by atoms with Crippen molar-refractivity contribution in [3.05, 3.63) is 53.1 Å². The summed E-state index contributed by atoms with van der Waals surface area (Å²) in [7, 11) is -2.30. The van der Waals surface area contributed by atoms with Crippen molar-refractivity contribution in [2.45, 2.75) is 13.8 Å². The van der Waals surface area contributed by atoms with E-state index in [1.807, 2.05) is 0 Å². The van der Waals surface area contributed by atoms with Crippen molar-refractivity contribution in [3.63, 3.8) is 0 Å². The number of nitrogens with zero attached hydrogens (tertiary/aromatic N) is 1. The molecule has 1 saturated heterocycles. The summed E-state index contributed by atoms with van der Waals surface area (Å²) in [6, 6.07) is 10.7. The summed E-state index contributed by atoms with van der Waals surface area (Å²) < 4.78 is 30.7. The fraction of sp³-hybridized carbons (Fsp3) is 0.263. The molecule has 0 aromatic heterocycles. The zero-order valence-corrected chi connectivity index (χ0v) is 17.1. The molecule has 0 saturated carbocycles. The Morgan fingerprint density at radius 2 is 1.93 bits per heavy atom. The van der Waals surface area contributed by atoms with Gasteiger partial charge in [-0.25, -0.2) is 12.7 Å². The van der Waals surface area contributed by atoms with E-state index < -0.39 is 27.3 Å². The van der Waals surface area contributed by atoms with Crippen LogP contribution in [0.4, 0.5) is 11.4 Å². The van der Waals surface area contributed by atoms with Gasteiger partial charge in [0, 0.05) is 11.3 Å². The van der Waals surface area contributed by atoms with Gasteiger partial charge in [0.1, 0.15) is 5.75 Å². The lowest BCUT2D eigenvalue weighted by Gasteiger charge is -2.18. The predicted octanol–water partition coefficient (Wildman–Crippen LogP) is 3.30. The van der Waals surface area contributed by atoms with Gasteiger partial charge in [-0.1, -0.05) is 17.7 Å². The van der Waals surface area contributed by atoms with Crippen molar-refractivity contribution in [2.24, 2.45) is 5.41 Å². The van der Waals surface area contributed by atoms with Crippen LogP contribution in [0.5, 0.6) is 5.75 Å². The summed E-state index contributed by atoms with van der Waals surface area (Å²) in [6.07, 6.45) is 0. The van der Waals surface area contributed by atoms with E-state index in [1.165, 1.54) is 31.4 Å². The third-order valence-corrected chi connectivity index (χ3v) is 6.65. The number of hydrogen-bond donors (Lipinski definition) is 1. The van der Waals surface area contributed by atoms with Gasteiger partial charge < -0.3 is 10.1 Å². The second-order valence-corrected chi connectivity index (χ2v) is 9.29. The number of ether oxygens (including phenoxy) is 1. The lowest BCUT2D eigenvalue weighted by atomic mass is 9.95. The highest BCUT2D eigenvalue weighted by molar-refractivity contribution is 7.94. The molecule has 0 aliphatic carbocycles. The Kier molecular flexibility index (Phi) is 5.12. The van der Waals surface area contributed by atoms with Gasteiger partial charge in [-0.15, -0.1) is 0 Å². The predicted molar refractivity (Wildman–Crippen MR) is 107 cm³/mol. The lowest BCUT2D eigenvalue weighted by Crippen LogP contribution is -2.33. The third-order valence-electron chi connectivity index (χ3n) is 4.34. The largest absolute Gasteiger partial charge is 0.495 e. The van der Waals surface area contributed by atoms with Gasteiger partial charge in [-0.2, -0.15) is 0 Å². The molecular weight excluding hydrogens is 404 g/mol. The van der Waals surface area contributed by atoms with Crippen LogP contribution >= 0.6 is 11.6 Å². The van der Waals surface area contributed by atoms with Crippen molar-refractivity contribution in [3.8, 4) is 5.75 Å². The highest BCUT2D eigenvalue weighted by atomic mass is 35.5. The Bertz CT molecular complexity index is 1070. The van der Waals surface area contributed by atoms with Crippen molar-refractivity contribution < 1.29 is 22.7 Å². The average Bonchev–Trinajstić information content (AvgIpc) is 2.78. The van der Waals surface area contributed by atoms with Gasteiger partial charge in [0.2, 0.25) is 15.9 Å². The van der Waals surface area contributed by atoms with Gasteiger partial charge in [0.15, 0.2) is 0 Å². The van der Waals surface area contributed by atoms with Gasteiger partial charge in [-0.3, -0.25) is 9.59 Å². The Morgan fingerprint density at radius 1 is 1.21 bits per heavy atom. The van der Waals surface area contributed by atoms with Gasteiger partial charge in [-0.05, 0) is 50.2 Å². The smallest absolute Gasteiger partial charge is 0.255 e. The maximum absolute atomic E-state index is 12.6. The molecule has 0 radical (unpaired) electrons. The summed E-state index contributed by atoms with van der Waals surface area (Å²) in [5, 5.41) is 3.02. The molecule has 7 nitrogen and oxygen atoms in total. The summed E-state index contributed by atoms with van der Waals surface area (Å²) in [6.45, 7) is 3.16. The second kappa shape index (κ2) is 7.10. The monoisotopic (exact) mass is 422 g/mol. The number of benzene rings is 2. The lowest BCUT2D eigenvalue weighted by molar-refractivity contribution is -0.123. The molecule has 148 valence electrons. The van der Waals surface area contributed by atoms with E-state index in [-0.39, 0.29) is 17.0 Å². The van der Waals surface area contributed by atoms with Crippen molar-refractivity contribution >= 4 is 44.8 Å². The molecule has 2 aromatic carbocycles. The number of anilines is 2. The SMILES string of the molecule is COc1ccc(NC(=O)c2cccc(N3C(=O)C(C)(C)CS3(=O)=O)c2)cc1Cl. The van der Waals surface area contributed by atoms with Gasteiger partial charge >= 0.3 is 0 Å². The quantitative estimate of drug-likeness (QED) is 0.815. The van der Waals surface area contributed by atoms with Crippen molar-refractivity contribution in [1.29, 1.82) is 0 Å². The van der Waals surface area contributed by atoms with E-state index >= 15 is 0 Å². The van der Waals surface area contributed by atoms with Crippen LogP contribution in [0.2, 0.25) is 5.02 Å². The van der Waals surface area contributed by atoms with Gasteiger partial charge in [0.05, 0.1) is 29.0 Å². The first-order valence-corrected chi connectivity index (χ1v) is 10.4. The van der Waals surface area contributed by atoms with Crippen LogP contribution in [0.25, 0.3) is 0 Å². The molecule has 1 fully saturated rings. The maximum atomic E-state index is 12.6. The molecule has 3 rings (SSSR count). The fourth-order valence-corrected chi connectivity index (χ4v) is 5.34. The summed E-state index contributed by atoms with van der Waals surface area (Å²) >= 11 is 6.06. The summed E-state index contributed by atoms with van der Waals surface area (Å²) in [4.78, 5) is 25.1. The fourth-order valence-electron chi connectivity index (χ4n) is 2.98. The number of carbonyl (C=O) groups is 2. The molecule has 1 heterocycles. The van der Waals surface area contributed by atoms with E-state index in [0.29, 0.717) is 16.5 Å². The van der Waals surface area contributed by atoms with Gasteiger partial charge in [0.25, 0.3) is 5.91 Å². The average molecular weight is 423 g/mol. The first kappa shape index (κ1) is 20.2. The van der Waals surface area contributed by atoms with Crippen LogP contribution in [0.15, 0.2) is 42.5 Å². The standard InChI is InChI=1S/C19H19ClN2O5S/c1-19(2)11-28(25,26)22(18(19)24)14-6-4-5-12(9-14)17(23)21-13-7-8-16(27-3)15(20)10-13/h4-10H,11H2,1-3H3,(H,21,23). The Hall–Kier alpha value is -2.58. The topological polar surface area (TPSA) is 92.8 Å². The molecular formula is C19H19ClN2O5S. The number of nitrogens with one attached hydrogen (secondary N) is 1. The highest BCUT2D eigenvalue weighted by Gasteiger charge is 2.49. The molecule has 0 atom stereocenters. The molecule has 9 heteroatoms. The molecule has 1 aliphatic heterocycles. The van der Waals surface area contributed by atoms with E-state index in [0.717, 1.165) is 4.31 Å². The number of rotatable bonds is 4. The highest BCUT2D eigenvalue weighted by Crippen LogP contribution is 2.36. The van der Waals surface area contributed by atoms with Crippen LogP contribution in [-0.2, 0) is 14.8 Å². The molecule has 2 aromatic rings. The molecule has 0 unspecified atom stereocenters. The number of halogens is 1. The molecule has 1 N–H and O–H groups in total. The first-order chi connectivity index (χ1) is 13.0. The molecule has 2 amide bonds.